The van der Waals surface area contributed by atoms with E-state index in [1.54, 1.807) is 0 Å². The third-order valence-corrected chi connectivity index (χ3v) is 5.32. The molecule has 1 atom stereocenters. The largest absolute Gasteiger partial charge is 0.370 e. The second kappa shape index (κ2) is 9.73. The van der Waals surface area contributed by atoms with Crippen molar-refractivity contribution in [3.05, 3.63) is 35.2 Å². The number of nitrogens with one attached hydrogen (secondary N) is 1. The molecule has 0 aliphatic rings. The molecule has 7 nitrogen and oxygen atoms in total. The predicted octanol–water partition coefficient (Wildman–Crippen LogP) is 3.09. The average Bonchev–Trinajstić information content (AvgIpc) is 2.97. The molecule has 2 rings (SSSR count). The summed E-state index contributed by atoms with van der Waals surface area (Å²) in [5, 5.41) is 11.8. The summed E-state index contributed by atoms with van der Waals surface area (Å²) < 4.78 is 1.99. The summed E-state index contributed by atoms with van der Waals surface area (Å²) >= 11 is 1.37. The van der Waals surface area contributed by atoms with Crippen molar-refractivity contribution in [3.8, 4) is 0 Å². The monoisotopic (exact) mass is 403 g/mol. The first kappa shape index (κ1) is 21.9. The number of hydrogen-bond acceptors (Lipinski definition) is 5. The van der Waals surface area contributed by atoms with Crippen LogP contribution in [0.3, 0.4) is 0 Å². The van der Waals surface area contributed by atoms with Gasteiger partial charge in [-0.25, -0.2) is 0 Å². The lowest BCUT2D eigenvalue weighted by Gasteiger charge is -2.16. The molecule has 0 radical (unpaired) electrons. The summed E-state index contributed by atoms with van der Waals surface area (Å²) in [6.45, 7) is 10.7. The van der Waals surface area contributed by atoms with Crippen LogP contribution in [0.15, 0.2) is 23.4 Å². The molecule has 2 aromatic rings. The molecule has 1 heterocycles. The zero-order chi connectivity index (χ0) is 20.8. The Morgan fingerprint density at radius 3 is 2.57 bits per heavy atom. The van der Waals surface area contributed by atoms with E-state index < -0.39 is 0 Å². The number of nitrogens with two attached hydrogens (primary N) is 1. The van der Waals surface area contributed by atoms with Crippen molar-refractivity contribution in [2.75, 3.05) is 5.32 Å². The van der Waals surface area contributed by atoms with Crippen molar-refractivity contribution in [1.29, 1.82) is 0 Å². The molecule has 0 aliphatic heterocycles. The second-order valence-corrected chi connectivity index (χ2v) is 8.75. The van der Waals surface area contributed by atoms with Crippen LogP contribution in [-0.2, 0) is 22.6 Å². The van der Waals surface area contributed by atoms with E-state index >= 15 is 0 Å². The number of carbonyl (C=O) groups is 2. The second-order valence-electron chi connectivity index (χ2n) is 7.44. The summed E-state index contributed by atoms with van der Waals surface area (Å²) in [5.41, 5.74) is 8.20. The Morgan fingerprint density at radius 1 is 1.21 bits per heavy atom. The molecule has 0 fully saturated rings. The van der Waals surface area contributed by atoms with E-state index in [0.717, 1.165) is 29.2 Å². The minimum absolute atomic E-state index is 0.0866. The molecule has 28 heavy (non-hydrogen) atoms. The third kappa shape index (κ3) is 6.09. The van der Waals surface area contributed by atoms with E-state index in [2.05, 4.69) is 29.4 Å². The number of aromatic nitrogens is 3. The lowest BCUT2D eigenvalue weighted by molar-refractivity contribution is -0.118. The lowest BCUT2D eigenvalue weighted by atomic mass is 10.1. The van der Waals surface area contributed by atoms with Gasteiger partial charge in [0.05, 0.1) is 5.25 Å². The van der Waals surface area contributed by atoms with Crippen molar-refractivity contribution in [2.45, 2.75) is 64.4 Å². The van der Waals surface area contributed by atoms with Crippen molar-refractivity contribution >= 4 is 29.3 Å². The summed E-state index contributed by atoms with van der Waals surface area (Å²) in [4.78, 5) is 23.8. The molecular formula is C20H29N5O2S. The van der Waals surface area contributed by atoms with E-state index in [-0.39, 0.29) is 23.5 Å². The Balaban J connectivity index is 2.13. The van der Waals surface area contributed by atoms with E-state index in [0.29, 0.717) is 17.5 Å². The van der Waals surface area contributed by atoms with Crippen LogP contribution in [-0.4, -0.2) is 31.8 Å². The summed E-state index contributed by atoms with van der Waals surface area (Å²) in [6.07, 6.45) is 0.669. The maximum absolute atomic E-state index is 12.7. The number of anilines is 1. The quantitative estimate of drug-likeness (QED) is 0.626. The fraction of sp³-hybridized carbons (Fsp3) is 0.500. The van der Waals surface area contributed by atoms with Gasteiger partial charge in [-0.2, -0.15) is 0 Å². The van der Waals surface area contributed by atoms with Crippen LogP contribution in [0, 0.1) is 19.8 Å². The molecule has 1 aromatic heterocycles. The van der Waals surface area contributed by atoms with Crippen molar-refractivity contribution in [3.63, 3.8) is 0 Å². The standard InChI is InChI=1S/C20H29N5O2S/c1-12(2)11-25-18(9-8-17(21)26)23-24-20(25)28-15(5)19(27)22-16-10-13(3)6-7-14(16)4/h6-7,10,12,15H,8-9,11H2,1-5H3,(H2,21,26)(H,22,27)/t15-/m1/s1. The number of rotatable bonds is 9. The zero-order valence-corrected chi connectivity index (χ0v) is 18.0. The van der Waals surface area contributed by atoms with E-state index in [4.69, 9.17) is 5.73 Å². The normalized spacial score (nSPS) is 12.2. The molecule has 0 bridgehead atoms. The van der Waals surface area contributed by atoms with Gasteiger partial charge in [-0.3, -0.25) is 9.59 Å². The maximum Gasteiger partial charge on any atom is 0.237 e. The lowest BCUT2D eigenvalue weighted by Crippen LogP contribution is -2.23. The third-order valence-electron chi connectivity index (χ3n) is 4.24. The number of thioether (sulfide) groups is 1. The first-order valence-electron chi connectivity index (χ1n) is 9.42. The highest BCUT2D eigenvalue weighted by Gasteiger charge is 2.21. The average molecular weight is 404 g/mol. The van der Waals surface area contributed by atoms with Crippen molar-refractivity contribution in [1.82, 2.24) is 14.8 Å². The fourth-order valence-electron chi connectivity index (χ4n) is 2.69. The Kier molecular flexibility index (Phi) is 7.62. The van der Waals surface area contributed by atoms with Crippen LogP contribution < -0.4 is 11.1 Å². The topological polar surface area (TPSA) is 103 Å². The molecule has 0 aliphatic carbocycles. The number of nitrogens with zero attached hydrogens (tertiary/aromatic N) is 3. The van der Waals surface area contributed by atoms with Gasteiger partial charge >= 0.3 is 0 Å². The van der Waals surface area contributed by atoms with Gasteiger partial charge in [-0.1, -0.05) is 37.7 Å². The summed E-state index contributed by atoms with van der Waals surface area (Å²) in [6, 6.07) is 5.98. The van der Waals surface area contributed by atoms with Crippen LogP contribution in [0.25, 0.3) is 0 Å². The first-order chi connectivity index (χ1) is 13.2. The Morgan fingerprint density at radius 2 is 1.93 bits per heavy atom. The molecule has 8 heteroatoms. The molecule has 1 aromatic carbocycles. The van der Waals surface area contributed by atoms with E-state index in [1.165, 1.54) is 11.8 Å². The molecule has 0 unspecified atom stereocenters. The SMILES string of the molecule is Cc1ccc(C)c(NC(=O)[C@@H](C)Sc2nnc(CCC(N)=O)n2CC(C)C)c1. The van der Waals surface area contributed by atoms with Crippen molar-refractivity contribution in [2.24, 2.45) is 11.7 Å². The Labute approximate surface area is 170 Å². The number of amides is 2. The molecular weight excluding hydrogens is 374 g/mol. The predicted molar refractivity (Wildman–Crippen MR) is 112 cm³/mol. The smallest absolute Gasteiger partial charge is 0.237 e. The molecule has 2 amide bonds. The van der Waals surface area contributed by atoms with Crippen LogP contribution >= 0.6 is 11.8 Å². The minimum atomic E-state index is -0.366. The van der Waals surface area contributed by atoms with Crippen LogP contribution in [0.5, 0.6) is 0 Å². The number of hydrogen-bond donors (Lipinski definition) is 2. The van der Waals surface area contributed by atoms with Crippen LogP contribution in [0.2, 0.25) is 0 Å². The molecule has 0 saturated carbocycles. The van der Waals surface area contributed by atoms with Gasteiger partial charge < -0.3 is 15.6 Å². The number of carbonyl (C=O) groups excluding carboxylic acids is 2. The summed E-state index contributed by atoms with van der Waals surface area (Å²) in [7, 11) is 0. The number of benzene rings is 1. The highest BCUT2D eigenvalue weighted by Crippen LogP contribution is 2.25. The van der Waals surface area contributed by atoms with Gasteiger partial charge in [0.2, 0.25) is 11.8 Å². The molecule has 0 spiro atoms. The number of primary amides is 1. The van der Waals surface area contributed by atoms with Gasteiger partial charge in [0.25, 0.3) is 0 Å². The van der Waals surface area contributed by atoms with Gasteiger partial charge in [-0.15, -0.1) is 10.2 Å². The van der Waals surface area contributed by atoms with Gasteiger partial charge in [-0.05, 0) is 43.9 Å². The Bertz CT molecular complexity index is 847. The van der Waals surface area contributed by atoms with E-state index in [9.17, 15) is 9.59 Å². The van der Waals surface area contributed by atoms with Gasteiger partial charge in [0, 0.05) is 25.1 Å². The summed E-state index contributed by atoms with van der Waals surface area (Å²) in [5.74, 6) is 0.643. The number of aryl methyl sites for hydroxylation is 3. The first-order valence-corrected chi connectivity index (χ1v) is 10.3. The fourth-order valence-corrected chi connectivity index (χ4v) is 3.57. The maximum atomic E-state index is 12.7. The minimum Gasteiger partial charge on any atom is -0.370 e. The van der Waals surface area contributed by atoms with Gasteiger partial charge in [0.1, 0.15) is 5.82 Å². The van der Waals surface area contributed by atoms with E-state index in [1.807, 2.05) is 43.5 Å². The van der Waals surface area contributed by atoms with Crippen molar-refractivity contribution < 1.29 is 9.59 Å². The molecule has 0 saturated heterocycles. The highest BCUT2D eigenvalue weighted by atomic mass is 32.2. The van der Waals surface area contributed by atoms with Gasteiger partial charge in [0.15, 0.2) is 5.16 Å². The molecule has 3 N–H and O–H groups in total. The van der Waals surface area contributed by atoms with Crippen LogP contribution in [0.4, 0.5) is 5.69 Å². The Hall–Kier alpha value is -2.35. The van der Waals surface area contributed by atoms with Crippen LogP contribution in [0.1, 0.15) is 44.1 Å². The zero-order valence-electron chi connectivity index (χ0n) is 17.2. The highest BCUT2D eigenvalue weighted by molar-refractivity contribution is 8.00. The molecule has 152 valence electrons.